The number of hydrogen-bond donors (Lipinski definition) is 1. The summed E-state index contributed by atoms with van der Waals surface area (Å²) in [4.78, 5) is 12.9. The minimum absolute atomic E-state index is 0.330. The summed E-state index contributed by atoms with van der Waals surface area (Å²) in [5.41, 5.74) is 2.17. The first kappa shape index (κ1) is 12.6. The summed E-state index contributed by atoms with van der Waals surface area (Å²) in [7, 11) is 0. The van der Waals surface area contributed by atoms with E-state index in [0.29, 0.717) is 28.8 Å². The Morgan fingerprint density at radius 2 is 2.05 bits per heavy atom. The van der Waals surface area contributed by atoms with Crippen molar-refractivity contribution in [3.05, 3.63) is 54.5 Å². The summed E-state index contributed by atoms with van der Waals surface area (Å²) in [5, 5.41) is 3.45. The molecule has 0 saturated heterocycles. The minimum atomic E-state index is 0.330. The fourth-order valence-electron chi connectivity index (χ4n) is 1.89. The van der Waals surface area contributed by atoms with Crippen LogP contribution in [-0.4, -0.2) is 19.5 Å². The Bertz CT molecular complexity index is 751. The molecule has 0 saturated carbocycles. The third kappa shape index (κ3) is 2.35. The highest BCUT2D eigenvalue weighted by atomic mass is 35.5. The Labute approximate surface area is 121 Å². The summed E-state index contributed by atoms with van der Waals surface area (Å²) in [5.74, 6) is 0.444. The van der Waals surface area contributed by atoms with Gasteiger partial charge in [-0.2, -0.15) is 9.97 Å². The predicted octanol–water partition coefficient (Wildman–Crippen LogP) is 3.41. The highest BCUT2D eigenvalue weighted by Crippen LogP contribution is 2.22. The van der Waals surface area contributed by atoms with Gasteiger partial charge in [-0.1, -0.05) is 35.9 Å². The predicted molar refractivity (Wildman–Crippen MR) is 80.3 cm³/mol. The van der Waals surface area contributed by atoms with E-state index in [0.717, 1.165) is 5.69 Å². The molecule has 2 aromatic heterocycles. The third-order valence-corrected chi connectivity index (χ3v) is 3.04. The topological polar surface area (TPSA) is 55.6 Å². The molecule has 1 N–H and O–H groups in total. The van der Waals surface area contributed by atoms with Gasteiger partial charge in [0.2, 0.25) is 5.95 Å². The van der Waals surface area contributed by atoms with E-state index in [-0.39, 0.29) is 0 Å². The molecule has 0 aliphatic carbocycles. The number of rotatable bonds is 4. The number of para-hydroxylation sites is 1. The van der Waals surface area contributed by atoms with Crippen molar-refractivity contribution in [2.24, 2.45) is 0 Å². The van der Waals surface area contributed by atoms with Crippen LogP contribution in [0.3, 0.4) is 0 Å². The van der Waals surface area contributed by atoms with Crippen LogP contribution in [0.1, 0.15) is 0 Å². The Morgan fingerprint density at radius 3 is 2.80 bits per heavy atom. The van der Waals surface area contributed by atoms with Gasteiger partial charge in [0.05, 0.1) is 6.33 Å². The molecule has 20 heavy (non-hydrogen) atoms. The molecule has 5 nitrogen and oxygen atoms in total. The Morgan fingerprint density at radius 1 is 1.25 bits per heavy atom. The second-order valence-corrected chi connectivity index (χ2v) is 4.54. The zero-order chi connectivity index (χ0) is 13.9. The average Bonchev–Trinajstić information content (AvgIpc) is 2.84. The fourth-order valence-corrected chi connectivity index (χ4v) is 2.10. The fraction of sp³-hybridized carbons (Fsp3) is 0.0714. The summed E-state index contributed by atoms with van der Waals surface area (Å²) >= 11 is 6.15. The van der Waals surface area contributed by atoms with E-state index in [1.165, 1.54) is 0 Å². The second kappa shape index (κ2) is 5.30. The molecular formula is C14H12ClN5. The number of allylic oxidation sites excluding steroid dienone is 1. The Balaban J connectivity index is 2.03. The first-order valence-electron chi connectivity index (χ1n) is 6.09. The van der Waals surface area contributed by atoms with Crippen LogP contribution in [0.25, 0.3) is 11.2 Å². The number of nitrogens with zero attached hydrogens (tertiary/aromatic N) is 4. The van der Waals surface area contributed by atoms with Gasteiger partial charge < -0.3 is 9.88 Å². The van der Waals surface area contributed by atoms with Gasteiger partial charge in [0.25, 0.3) is 0 Å². The number of fused-ring (bicyclic) bond motifs is 1. The maximum absolute atomic E-state index is 6.15. The van der Waals surface area contributed by atoms with Crippen LogP contribution in [0.15, 0.2) is 49.3 Å². The molecule has 0 amide bonds. The van der Waals surface area contributed by atoms with Crippen molar-refractivity contribution in [2.45, 2.75) is 6.54 Å². The van der Waals surface area contributed by atoms with Gasteiger partial charge in [-0.05, 0) is 12.1 Å². The molecule has 0 spiro atoms. The minimum Gasteiger partial charge on any atom is -0.324 e. The van der Waals surface area contributed by atoms with Gasteiger partial charge in [0.1, 0.15) is 5.52 Å². The van der Waals surface area contributed by atoms with Crippen molar-refractivity contribution >= 4 is 34.4 Å². The van der Waals surface area contributed by atoms with Gasteiger partial charge in [-0.15, -0.1) is 6.58 Å². The van der Waals surface area contributed by atoms with Crippen LogP contribution >= 0.6 is 11.6 Å². The molecule has 0 aliphatic rings. The molecular weight excluding hydrogens is 274 g/mol. The van der Waals surface area contributed by atoms with Crippen LogP contribution < -0.4 is 5.32 Å². The largest absolute Gasteiger partial charge is 0.324 e. The van der Waals surface area contributed by atoms with E-state index < -0.39 is 0 Å². The number of aromatic nitrogens is 4. The molecule has 6 heteroatoms. The summed E-state index contributed by atoms with van der Waals surface area (Å²) in [6, 6.07) is 9.68. The first-order chi connectivity index (χ1) is 9.78. The zero-order valence-electron chi connectivity index (χ0n) is 10.6. The lowest BCUT2D eigenvalue weighted by molar-refractivity contribution is 0.839. The van der Waals surface area contributed by atoms with Crippen LogP contribution in [0.5, 0.6) is 0 Å². The molecule has 3 rings (SSSR count). The van der Waals surface area contributed by atoms with Crippen LogP contribution in [0.4, 0.5) is 11.6 Å². The first-order valence-corrected chi connectivity index (χ1v) is 6.47. The lowest BCUT2D eigenvalue weighted by Crippen LogP contribution is -2.01. The van der Waals surface area contributed by atoms with Crippen molar-refractivity contribution in [2.75, 3.05) is 5.32 Å². The van der Waals surface area contributed by atoms with Gasteiger partial charge in [-0.3, -0.25) is 0 Å². The molecule has 2 heterocycles. The molecule has 0 aliphatic heterocycles. The molecule has 0 bridgehead atoms. The molecule has 100 valence electrons. The van der Waals surface area contributed by atoms with Crippen molar-refractivity contribution in [1.82, 2.24) is 19.5 Å². The molecule has 0 radical (unpaired) electrons. The lowest BCUT2D eigenvalue weighted by Gasteiger charge is -2.06. The highest BCUT2D eigenvalue weighted by molar-refractivity contribution is 6.33. The zero-order valence-corrected chi connectivity index (χ0v) is 11.4. The van der Waals surface area contributed by atoms with Gasteiger partial charge >= 0.3 is 0 Å². The van der Waals surface area contributed by atoms with Crippen LogP contribution in [0, 0.1) is 0 Å². The molecule has 0 atom stereocenters. The van der Waals surface area contributed by atoms with Crippen molar-refractivity contribution in [1.29, 1.82) is 0 Å². The van der Waals surface area contributed by atoms with Crippen molar-refractivity contribution in [3.63, 3.8) is 0 Å². The maximum atomic E-state index is 6.15. The van der Waals surface area contributed by atoms with Gasteiger partial charge in [-0.25, -0.2) is 4.98 Å². The second-order valence-electron chi connectivity index (χ2n) is 4.19. The average molecular weight is 286 g/mol. The van der Waals surface area contributed by atoms with E-state index in [1.54, 1.807) is 12.4 Å². The molecule has 0 fully saturated rings. The summed E-state index contributed by atoms with van der Waals surface area (Å²) in [6.45, 7) is 4.33. The Hall–Kier alpha value is -2.40. The van der Waals surface area contributed by atoms with Crippen LogP contribution in [0.2, 0.25) is 5.15 Å². The molecule has 3 aromatic rings. The van der Waals surface area contributed by atoms with E-state index in [2.05, 4.69) is 26.8 Å². The number of imidazole rings is 1. The summed E-state index contributed by atoms with van der Waals surface area (Å²) < 4.78 is 1.87. The Kier molecular flexibility index (Phi) is 3.35. The molecule has 0 unspecified atom stereocenters. The quantitative estimate of drug-likeness (QED) is 0.589. The summed E-state index contributed by atoms with van der Waals surface area (Å²) in [6.07, 6.45) is 3.46. The standard InChI is InChI=1S/C14H12ClN5/c1-2-8-20-9-16-11-12(15)18-14(19-13(11)20)17-10-6-4-3-5-7-10/h2-7,9H,1,8H2,(H,17,18,19). The van der Waals surface area contributed by atoms with Gasteiger partial charge in [0.15, 0.2) is 10.8 Å². The highest BCUT2D eigenvalue weighted by Gasteiger charge is 2.11. The SMILES string of the molecule is C=CCn1cnc2c(Cl)nc(Nc3ccccc3)nc21. The number of anilines is 2. The van der Waals surface area contributed by atoms with E-state index in [4.69, 9.17) is 11.6 Å². The van der Waals surface area contributed by atoms with Crippen molar-refractivity contribution < 1.29 is 0 Å². The number of hydrogen-bond acceptors (Lipinski definition) is 4. The molecule has 1 aromatic carbocycles. The smallest absolute Gasteiger partial charge is 0.230 e. The van der Waals surface area contributed by atoms with E-state index in [1.807, 2.05) is 34.9 Å². The number of nitrogens with one attached hydrogen (secondary N) is 1. The number of benzene rings is 1. The maximum Gasteiger partial charge on any atom is 0.230 e. The van der Waals surface area contributed by atoms with Crippen LogP contribution in [-0.2, 0) is 6.54 Å². The van der Waals surface area contributed by atoms with Crippen molar-refractivity contribution in [3.8, 4) is 0 Å². The van der Waals surface area contributed by atoms with E-state index >= 15 is 0 Å². The van der Waals surface area contributed by atoms with Gasteiger partial charge in [0, 0.05) is 12.2 Å². The monoisotopic (exact) mass is 285 g/mol. The normalized spacial score (nSPS) is 10.7. The lowest BCUT2D eigenvalue weighted by atomic mass is 10.3. The number of halogens is 1. The third-order valence-electron chi connectivity index (χ3n) is 2.78. The van der Waals surface area contributed by atoms with E-state index in [9.17, 15) is 0 Å².